The maximum absolute atomic E-state index is 13.3. The van der Waals surface area contributed by atoms with Crippen molar-refractivity contribution in [3.05, 3.63) is 72.3 Å². The quantitative estimate of drug-likeness (QED) is 0.341. The molecule has 10 heteroatoms. The zero-order valence-electron chi connectivity index (χ0n) is 19.3. The van der Waals surface area contributed by atoms with Crippen molar-refractivity contribution in [2.75, 3.05) is 25.3 Å². The summed E-state index contributed by atoms with van der Waals surface area (Å²) in [6.45, 7) is 1.58. The highest BCUT2D eigenvalue weighted by atomic mass is 32.2. The Labute approximate surface area is 207 Å². The first-order valence-corrected chi connectivity index (χ1v) is 13.2. The number of ether oxygens (including phenoxy) is 3. The van der Waals surface area contributed by atoms with Gasteiger partial charge < -0.3 is 14.2 Å². The number of carbonyl (C=O) groups excluding carboxylic acids is 1. The normalized spacial score (nSPS) is 12.2. The summed E-state index contributed by atoms with van der Waals surface area (Å²) in [5.41, 5.74) is 1.23. The Balaban J connectivity index is 1.64. The SMILES string of the molecule is CCS(=O)(=O)c1ccc(C(Oc2ccc(OC)cc2)C(=O)Nc2nc3ccc(OC)cc3s2)cc1. The maximum Gasteiger partial charge on any atom is 0.271 e. The molecule has 0 saturated heterocycles. The highest BCUT2D eigenvalue weighted by Crippen LogP contribution is 2.31. The molecule has 4 aromatic rings. The molecule has 0 bridgehead atoms. The van der Waals surface area contributed by atoms with E-state index in [0.29, 0.717) is 27.9 Å². The van der Waals surface area contributed by atoms with E-state index in [9.17, 15) is 13.2 Å². The van der Waals surface area contributed by atoms with E-state index in [1.807, 2.05) is 12.1 Å². The monoisotopic (exact) mass is 512 g/mol. The van der Waals surface area contributed by atoms with Crippen molar-refractivity contribution in [1.29, 1.82) is 0 Å². The molecule has 1 N–H and O–H groups in total. The number of rotatable bonds is 9. The van der Waals surface area contributed by atoms with Gasteiger partial charge in [-0.25, -0.2) is 13.4 Å². The van der Waals surface area contributed by atoms with Gasteiger partial charge in [0.25, 0.3) is 5.91 Å². The molecule has 0 radical (unpaired) electrons. The third kappa shape index (κ3) is 5.55. The number of methoxy groups -OCH3 is 2. The Hall–Kier alpha value is -3.63. The second-order valence-corrected chi connectivity index (χ2v) is 10.8. The molecular weight excluding hydrogens is 488 g/mol. The van der Waals surface area contributed by atoms with Crippen LogP contribution in [0.5, 0.6) is 17.2 Å². The van der Waals surface area contributed by atoms with E-state index in [1.165, 1.54) is 23.5 Å². The second kappa shape index (κ2) is 10.3. The van der Waals surface area contributed by atoms with Crippen LogP contribution in [0.15, 0.2) is 71.6 Å². The molecule has 35 heavy (non-hydrogen) atoms. The topological polar surface area (TPSA) is 104 Å². The van der Waals surface area contributed by atoms with Crippen LogP contribution >= 0.6 is 11.3 Å². The van der Waals surface area contributed by atoms with Gasteiger partial charge in [-0.1, -0.05) is 30.4 Å². The average Bonchev–Trinajstić information content (AvgIpc) is 3.28. The summed E-state index contributed by atoms with van der Waals surface area (Å²) < 4.78 is 41.7. The van der Waals surface area contributed by atoms with Crippen molar-refractivity contribution >= 4 is 42.4 Å². The lowest BCUT2D eigenvalue weighted by atomic mass is 10.1. The first-order chi connectivity index (χ1) is 16.8. The number of thiazole rings is 1. The molecule has 8 nitrogen and oxygen atoms in total. The summed E-state index contributed by atoms with van der Waals surface area (Å²) in [5, 5.41) is 3.24. The Bertz CT molecular complexity index is 1430. The van der Waals surface area contributed by atoms with Gasteiger partial charge in [0, 0.05) is 5.56 Å². The number of hydrogen-bond acceptors (Lipinski definition) is 8. The molecular formula is C25H24N2O6S2. The Morgan fingerprint density at radius 1 is 0.943 bits per heavy atom. The molecule has 1 atom stereocenters. The number of nitrogens with zero attached hydrogens (tertiary/aromatic N) is 1. The minimum absolute atomic E-state index is 0.0129. The zero-order valence-corrected chi connectivity index (χ0v) is 21.0. The second-order valence-electron chi connectivity index (χ2n) is 7.49. The summed E-state index contributed by atoms with van der Waals surface area (Å²) >= 11 is 1.31. The summed E-state index contributed by atoms with van der Waals surface area (Å²) in [6, 6.07) is 18.4. The molecule has 1 aromatic heterocycles. The van der Waals surface area contributed by atoms with Gasteiger partial charge >= 0.3 is 0 Å². The minimum Gasteiger partial charge on any atom is -0.497 e. The van der Waals surface area contributed by atoms with Crippen LogP contribution in [-0.4, -0.2) is 39.3 Å². The van der Waals surface area contributed by atoms with Gasteiger partial charge in [0.05, 0.1) is 35.1 Å². The fourth-order valence-corrected chi connectivity index (χ4v) is 5.12. The van der Waals surface area contributed by atoms with Crippen LogP contribution < -0.4 is 19.5 Å². The number of hydrogen-bond donors (Lipinski definition) is 1. The van der Waals surface area contributed by atoms with Crippen LogP contribution in [0.2, 0.25) is 0 Å². The summed E-state index contributed by atoms with van der Waals surface area (Å²) in [6.07, 6.45) is -1.05. The van der Waals surface area contributed by atoms with Gasteiger partial charge in [0.1, 0.15) is 17.2 Å². The Morgan fingerprint density at radius 2 is 1.57 bits per heavy atom. The molecule has 0 saturated carbocycles. The summed E-state index contributed by atoms with van der Waals surface area (Å²) in [7, 11) is -0.223. The first kappa shape index (κ1) is 24.5. The number of carbonyl (C=O) groups is 1. The van der Waals surface area contributed by atoms with Gasteiger partial charge in [-0.2, -0.15) is 0 Å². The Kier molecular flexibility index (Phi) is 7.23. The number of benzene rings is 3. The van der Waals surface area contributed by atoms with Gasteiger partial charge in [0.15, 0.2) is 15.0 Å². The number of aromatic nitrogens is 1. The fourth-order valence-electron chi connectivity index (χ4n) is 3.34. The number of nitrogens with one attached hydrogen (secondary N) is 1. The van der Waals surface area contributed by atoms with Crippen molar-refractivity contribution in [3.8, 4) is 17.2 Å². The van der Waals surface area contributed by atoms with E-state index >= 15 is 0 Å². The van der Waals surface area contributed by atoms with E-state index in [0.717, 1.165) is 10.2 Å². The van der Waals surface area contributed by atoms with E-state index in [4.69, 9.17) is 14.2 Å². The Morgan fingerprint density at radius 3 is 2.20 bits per heavy atom. The molecule has 1 heterocycles. The lowest BCUT2D eigenvalue weighted by molar-refractivity contribution is -0.123. The maximum atomic E-state index is 13.3. The minimum atomic E-state index is -3.37. The molecule has 4 rings (SSSR count). The third-order valence-corrected chi connectivity index (χ3v) is 7.98. The van der Waals surface area contributed by atoms with E-state index < -0.39 is 21.8 Å². The summed E-state index contributed by atoms with van der Waals surface area (Å²) in [4.78, 5) is 18.0. The lowest BCUT2D eigenvalue weighted by Gasteiger charge is -2.19. The highest BCUT2D eigenvalue weighted by molar-refractivity contribution is 7.91. The zero-order chi connectivity index (χ0) is 25.0. The van der Waals surface area contributed by atoms with Crippen LogP contribution in [-0.2, 0) is 14.6 Å². The van der Waals surface area contributed by atoms with Gasteiger partial charge in [-0.05, 0) is 54.6 Å². The molecule has 0 fully saturated rings. The molecule has 1 amide bonds. The molecule has 0 aliphatic carbocycles. The standard InChI is InChI=1S/C25H24N2O6S2/c1-4-35(29,30)20-12-5-16(6-13-20)23(33-18-9-7-17(31-2)8-10-18)24(28)27-25-26-21-14-11-19(32-3)15-22(21)34-25/h5-15,23H,4H2,1-3H3,(H,26,27,28). The highest BCUT2D eigenvalue weighted by Gasteiger charge is 2.25. The van der Waals surface area contributed by atoms with Crippen molar-refractivity contribution in [2.24, 2.45) is 0 Å². The van der Waals surface area contributed by atoms with E-state index in [-0.39, 0.29) is 10.6 Å². The van der Waals surface area contributed by atoms with Crippen LogP contribution in [0.3, 0.4) is 0 Å². The number of amides is 1. The van der Waals surface area contributed by atoms with Crippen LogP contribution in [0.4, 0.5) is 5.13 Å². The van der Waals surface area contributed by atoms with Crippen molar-refractivity contribution in [1.82, 2.24) is 4.98 Å². The number of anilines is 1. The molecule has 0 aliphatic rings. The van der Waals surface area contributed by atoms with Crippen molar-refractivity contribution < 1.29 is 27.4 Å². The predicted octanol–water partition coefficient (Wildman–Crippen LogP) is 4.87. The van der Waals surface area contributed by atoms with Crippen molar-refractivity contribution in [2.45, 2.75) is 17.9 Å². The summed E-state index contributed by atoms with van der Waals surface area (Å²) in [5.74, 6) is 1.34. The van der Waals surface area contributed by atoms with E-state index in [2.05, 4.69) is 10.3 Å². The van der Waals surface area contributed by atoms with Crippen LogP contribution in [0.1, 0.15) is 18.6 Å². The molecule has 3 aromatic carbocycles. The number of sulfone groups is 1. The van der Waals surface area contributed by atoms with Crippen LogP contribution in [0.25, 0.3) is 10.2 Å². The largest absolute Gasteiger partial charge is 0.497 e. The molecule has 0 aliphatic heterocycles. The van der Waals surface area contributed by atoms with Gasteiger partial charge in [-0.15, -0.1) is 0 Å². The lowest BCUT2D eigenvalue weighted by Crippen LogP contribution is -2.25. The molecule has 182 valence electrons. The smallest absolute Gasteiger partial charge is 0.271 e. The molecule has 1 unspecified atom stereocenters. The molecule has 0 spiro atoms. The average molecular weight is 513 g/mol. The van der Waals surface area contributed by atoms with E-state index in [1.54, 1.807) is 63.6 Å². The first-order valence-electron chi connectivity index (χ1n) is 10.7. The van der Waals surface area contributed by atoms with Crippen LogP contribution in [0, 0.1) is 0 Å². The number of fused-ring (bicyclic) bond motifs is 1. The predicted molar refractivity (Wildman–Crippen MR) is 135 cm³/mol. The van der Waals surface area contributed by atoms with Crippen molar-refractivity contribution in [3.63, 3.8) is 0 Å². The fraction of sp³-hybridized carbons (Fsp3) is 0.200. The van der Waals surface area contributed by atoms with Gasteiger partial charge in [0.2, 0.25) is 6.10 Å². The third-order valence-electron chi connectivity index (χ3n) is 5.30. The van der Waals surface area contributed by atoms with Gasteiger partial charge in [-0.3, -0.25) is 10.1 Å².